The summed E-state index contributed by atoms with van der Waals surface area (Å²) in [5.74, 6) is 0.362. The number of amides is 1. The first-order valence-corrected chi connectivity index (χ1v) is 12.9. The van der Waals surface area contributed by atoms with Gasteiger partial charge in [0, 0.05) is 18.0 Å². The largest absolute Gasteiger partial charge is 0.507 e. The summed E-state index contributed by atoms with van der Waals surface area (Å²) in [5, 5.41) is 13.8. The Morgan fingerprint density at radius 3 is 2.66 bits per heavy atom. The highest BCUT2D eigenvalue weighted by Crippen LogP contribution is 2.42. The van der Waals surface area contributed by atoms with Crippen LogP contribution in [0, 0.1) is 5.41 Å². The summed E-state index contributed by atoms with van der Waals surface area (Å²) >= 11 is 7.97. The van der Waals surface area contributed by atoms with Gasteiger partial charge in [0.2, 0.25) is 0 Å². The lowest BCUT2D eigenvalue weighted by Crippen LogP contribution is -2.41. The number of benzene rings is 2. The Morgan fingerprint density at radius 1 is 1.17 bits per heavy atom. The first-order valence-electron chi connectivity index (χ1n) is 11.7. The zero-order chi connectivity index (χ0) is 24.4. The maximum atomic E-state index is 12.6. The van der Waals surface area contributed by atoms with Gasteiger partial charge in [-0.3, -0.25) is 4.79 Å². The van der Waals surface area contributed by atoms with Crippen LogP contribution in [0.2, 0.25) is 5.02 Å². The molecule has 0 unspecified atom stereocenters. The Kier molecular flexibility index (Phi) is 6.86. The number of carbonyl (C=O) groups excluding carboxylic acids is 1. The molecule has 0 aliphatic carbocycles. The third-order valence-electron chi connectivity index (χ3n) is 6.73. The van der Waals surface area contributed by atoms with E-state index >= 15 is 0 Å². The number of carbonyl (C=O) groups is 1. The van der Waals surface area contributed by atoms with Gasteiger partial charge in [-0.25, -0.2) is 9.97 Å². The van der Waals surface area contributed by atoms with Crippen molar-refractivity contribution >= 4 is 40.8 Å². The molecule has 2 aliphatic rings. The van der Waals surface area contributed by atoms with E-state index in [4.69, 9.17) is 16.3 Å². The molecular formula is C26H27ClN4O3S. The molecule has 9 heteroatoms. The van der Waals surface area contributed by atoms with Crippen LogP contribution in [0.1, 0.15) is 36.5 Å². The fourth-order valence-electron chi connectivity index (χ4n) is 4.78. The van der Waals surface area contributed by atoms with Crippen molar-refractivity contribution in [2.45, 2.75) is 42.2 Å². The molecule has 3 aromatic rings. The van der Waals surface area contributed by atoms with Gasteiger partial charge in [-0.1, -0.05) is 41.6 Å². The number of piperidine rings is 1. The molecule has 0 saturated carbocycles. The highest BCUT2D eigenvalue weighted by molar-refractivity contribution is 7.99. The number of hydrogen-bond acceptors (Lipinski definition) is 7. The van der Waals surface area contributed by atoms with Crippen LogP contribution in [-0.4, -0.2) is 46.8 Å². The maximum absolute atomic E-state index is 12.6. The number of anilines is 2. The van der Waals surface area contributed by atoms with Gasteiger partial charge in [0.15, 0.2) is 0 Å². The second-order valence-corrected chi connectivity index (χ2v) is 10.7. The van der Waals surface area contributed by atoms with Crippen molar-refractivity contribution in [3.8, 4) is 5.75 Å². The van der Waals surface area contributed by atoms with Gasteiger partial charge in [-0.2, -0.15) is 0 Å². The molecule has 1 aromatic heterocycles. The van der Waals surface area contributed by atoms with Crippen molar-refractivity contribution in [2.24, 2.45) is 5.41 Å². The van der Waals surface area contributed by atoms with Crippen LogP contribution >= 0.6 is 23.4 Å². The van der Waals surface area contributed by atoms with E-state index in [-0.39, 0.29) is 11.3 Å². The lowest BCUT2D eigenvalue weighted by atomic mass is 9.77. The summed E-state index contributed by atoms with van der Waals surface area (Å²) in [6, 6.07) is 11.8. The quantitative estimate of drug-likeness (QED) is 0.459. The number of rotatable bonds is 5. The Hall–Kier alpha value is -2.81. The lowest BCUT2D eigenvalue weighted by molar-refractivity contribution is 0.0975. The maximum Gasteiger partial charge on any atom is 0.259 e. The molecule has 2 aromatic carbocycles. The number of nitrogens with zero attached hydrogens (tertiary/aromatic N) is 3. The minimum atomic E-state index is -0.432. The fraction of sp³-hybridized carbons (Fsp3) is 0.346. The summed E-state index contributed by atoms with van der Waals surface area (Å²) in [5.41, 5.74) is 0.971. The van der Waals surface area contributed by atoms with Crippen LogP contribution in [0.3, 0.4) is 0 Å². The summed E-state index contributed by atoms with van der Waals surface area (Å²) in [7, 11) is 0. The van der Waals surface area contributed by atoms with Crippen LogP contribution < -0.4 is 10.2 Å². The molecule has 2 fully saturated rings. The molecule has 2 aliphatic heterocycles. The molecular weight excluding hydrogens is 484 g/mol. The molecule has 7 nitrogen and oxygen atoms in total. The summed E-state index contributed by atoms with van der Waals surface area (Å²) in [6.45, 7) is 4.95. The van der Waals surface area contributed by atoms with Gasteiger partial charge < -0.3 is 20.1 Å². The molecule has 1 spiro atoms. The Morgan fingerprint density at radius 2 is 1.97 bits per heavy atom. The van der Waals surface area contributed by atoms with E-state index in [1.54, 1.807) is 30.5 Å². The predicted octanol–water partition coefficient (Wildman–Crippen LogP) is 5.63. The zero-order valence-corrected chi connectivity index (χ0v) is 21.0. The van der Waals surface area contributed by atoms with Crippen LogP contribution in [-0.2, 0) is 4.74 Å². The average molecular weight is 511 g/mol. The van der Waals surface area contributed by atoms with Crippen LogP contribution in [0.15, 0.2) is 64.8 Å². The standard InChI is InChI=1S/C26H27ClN4O3S/c1-17-13-26(16-34-17)9-11-31(12-10-26)22-14-29-23(15-28-22)35-21-8-4-6-19(24(21)27)30-25(33)18-5-2-3-7-20(18)32/h2-8,14-15,17,32H,9-13,16H2,1H3,(H,30,33)/t17-/m0/s1. The number of aromatic nitrogens is 2. The van der Waals surface area contributed by atoms with Gasteiger partial charge in [-0.05, 0) is 55.9 Å². The second kappa shape index (κ2) is 10.0. The van der Waals surface area contributed by atoms with Crippen LogP contribution in [0.25, 0.3) is 0 Å². The molecule has 3 heterocycles. The first-order chi connectivity index (χ1) is 16.9. The Labute approximate surface area is 213 Å². The molecule has 1 atom stereocenters. The minimum absolute atomic E-state index is 0.0861. The number of hydrogen-bond donors (Lipinski definition) is 2. The molecule has 1 amide bonds. The number of halogens is 1. The third kappa shape index (κ3) is 5.24. The van der Waals surface area contributed by atoms with Crippen molar-refractivity contribution in [3.63, 3.8) is 0 Å². The third-order valence-corrected chi connectivity index (χ3v) is 8.23. The van der Waals surface area contributed by atoms with Crippen molar-refractivity contribution in [2.75, 3.05) is 29.9 Å². The van der Waals surface area contributed by atoms with Gasteiger partial charge >= 0.3 is 0 Å². The number of phenolic OH excluding ortho intramolecular Hbond substituents is 1. The van der Waals surface area contributed by atoms with E-state index < -0.39 is 5.91 Å². The lowest BCUT2D eigenvalue weighted by Gasteiger charge is -2.38. The van der Waals surface area contributed by atoms with Gasteiger partial charge in [0.05, 0.1) is 41.4 Å². The Bertz CT molecular complexity index is 1220. The molecule has 0 radical (unpaired) electrons. The van der Waals surface area contributed by atoms with Crippen LogP contribution in [0.5, 0.6) is 5.75 Å². The Balaban J connectivity index is 1.23. The molecule has 2 saturated heterocycles. The molecule has 182 valence electrons. The van der Waals surface area contributed by atoms with Crippen LogP contribution in [0.4, 0.5) is 11.5 Å². The molecule has 35 heavy (non-hydrogen) atoms. The molecule has 2 N–H and O–H groups in total. The van der Waals surface area contributed by atoms with Crippen molar-refractivity contribution in [1.29, 1.82) is 0 Å². The summed E-state index contributed by atoms with van der Waals surface area (Å²) < 4.78 is 5.83. The highest BCUT2D eigenvalue weighted by Gasteiger charge is 2.41. The normalized spacial score (nSPS) is 19.1. The van der Waals surface area contributed by atoms with E-state index in [0.29, 0.717) is 27.3 Å². The topological polar surface area (TPSA) is 87.6 Å². The minimum Gasteiger partial charge on any atom is -0.507 e. The van der Waals surface area contributed by atoms with E-state index in [1.165, 1.54) is 17.8 Å². The predicted molar refractivity (Wildman–Crippen MR) is 138 cm³/mol. The average Bonchev–Trinajstić information content (AvgIpc) is 3.22. The van der Waals surface area contributed by atoms with E-state index in [1.807, 2.05) is 18.3 Å². The van der Waals surface area contributed by atoms with E-state index in [2.05, 4.69) is 27.1 Å². The molecule has 5 rings (SSSR count). The second-order valence-electron chi connectivity index (χ2n) is 9.22. The smallest absolute Gasteiger partial charge is 0.259 e. The van der Waals surface area contributed by atoms with Crippen molar-refractivity contribution in [3.05, 3.63) is 65.4 Å². The highest BCUT2D eigenvalue weighted by atomic mass is 35.5. The number of aromatic hydroxyl groups is 1. The van der Waals surface area contributed by atoms with Crippen molar-refractivity contribution in [1.82, 2.24) is 9.97 Å². The van der Waals surface area contributed by atoms with E-state index in [0.717, 1.165) is 49.7 Å². The monoisotopic (exact) mass is 510 g/mol. The summed E-state index contributed by atoms with van der Waals surface area (Å²) in [6.07, 6.45) is 7.31. The number of phenols is 1. The fourth-order valence-corrected chi connectivity index (χ4v) is 5.86. The zero-order valence-electron chi connectivity index (χ0n) is 19.4. The number of ether oxygens (including phenoxy) is 1. The number of para-hydroxylation sites is 1. The van der Waals surface area contributed by atoms with Gasteiger partial charge in [-0.15, -0.1) is 0 Å². The number of nitrogens with one attached hydrogen (secondary N) is 1. The van der Waals surface area contributed by atoms with E-state index in [9.17, 15) is 9.90 Å². The first kappa shape index (κ1) is 23.9. The SMILES string of the molecule is C[C@H]1CC2(CCN(c3cnc(Sc4cccc(NC(=O)c5ccccc5O)c4Cl)cn3)CC2)CO1. The van der Waals surface area contributed by atoms with Gasteiger partial charge in [0.25, 0.3) is 5.91 Å². The summed E-state index contributed by atoms with van der Waals surface area (Å²) in [4.78, 5) is 24.9. The van der Waals surface area contributed by atoms with Gasteiger partial charge in [0.1, 0.15) is 16.6 Å². The van der Waals surface area contributed by atoms with Crippen molar-refractivity contribution < 1.29 is 14.6 Å². The molecule has 0 bridgehead atoms.